The molecule has 1 atom stereocenters. The molecule has 1 rings (SSSR count). The molecule has 80 valence electrons. The number of hydrogen-bond acceptors (Lipinski definition) is 3. The van der Waals surface area contributed by atoms with E-state index in [-0.39, 0.29) is 12.6 Å². The zero-order chi connectivity index (χ0) is 10.6. The average Bonchev–Trinajstić information content (AvgIpc) is 2.47. The van der Waals surface area contributed by atoms with Gasteiger partial charge in [-0.3, -0.25) is 0 Å². The summed E-state index contributed by atoms with van der Waals surface area (Å²) in [5.74, 6) is 0. The first-order valence-electron chi connectivity index (χ1n) is 5.10. The normalized spacial score (nSPS) is 13.1. The Bertz CT molecular complexity index is 283. The van der Waals surface area contributed by atoms with Crippen molar-refractivity contribution in [2.75, 3.05) is 13.2 Å². The van der Waals surface area contributed by atoms with Gasteiger partial charge < -0.3 is 10.4 Å². The Morgan fingerprint density at radius 1 is 1.50 bits per heavy atom. The van der Waals surface area contributed by atoms with E-state index < -0.39 is 0 Å². The van der Waals surface area contributed by atoms with E-state index in [0.29, 0.717) is 0 Å². The molecular weight excluding hydrogens is 194 g/mol. The molecule has 1 aromatic rings. The molecule has 0 spiro atoms. The van der Waals surface area contributed by atoms with Crippen molar-refractivity contribution < 1.29 is 5.11 Å². The molecule has 0 radical (unpaired) electrons. The molecule has 2 nitrogen and oxygen atoms in total. The second-order valence-electron chi connectivity index (χ2n) is 3.56. The SMILES string of the molecule is CCCNC(CO)c1cc(C)sc1C. The molecule has 3 heteroatoms. The fourth-order valence-electron chi connectivity index (χ4n) is 1.59. The van der Waals surface area contributed by atoms with Crippen LogP contribution in [0.3, 0.4) is 0 Å². The van der Waals surface area contributed by atoms with Gasteiger partial charge in [0.2, 0.25) is 0 Å². The highest BCUT2D eigenvalue weighted by molar-refractivity contribution is 7.12. The number of rotatable bonds is 5. The van der Waals surface area contributed by atoms with Crippen molar-refractivity contribution in [3.63, 3.8) is 0 Å². The lowest BCUT2D eigenvalue weighted by Gasteiger charge is -2.15. The van der Waals surface area contributed by atoms with Gasteiger partial charge in [-0.05, 0) is 38.4 Å². The fraction of sp³-hybridized carbons (Fsp3) is 0.636. The van der Waals surface area contributed by atoms with Gasteiger partial charge in [0.15, 0.2) is 0 Å². The first-order chi connectivity index (χ1) is 6.69. The van der Waals surface area contributed by atoms with Crippen molar-refractivity contribution >= 4 is 11.3 Å². The van der Waals surface area contributed by atoms with E-state index in [4.69, 9.17) is 0 Å². The molecule has 2 N–H and O–H groups in total. The molecule has 1 aromatic heterocycles. The molecule has 0 amide bonds. The Morgan fingerprint density at radius 2 is 2.21 bits per heavy atom. The van der Waals surface area contributed by atoms with Crippen molar-refractivity contribution in [3.05, 3.63) is 21.4 Å². The van der Waals surface area contributed by atoms with Crippen molar-refractivity contribution in [3.8, 4) is 0 Å². The summed E-state index contributed by atoms with van der Waals surface area (Å²) in [7, 11) is 0. The van der Waals surface area contributed by atoms with E-state index in [9.17, 15) is 5.11 Å². The zero-order valence-electron chi connectivity index (χ0n) is 9.13. The van der Waals surface area contributed by atoms with E-state index in [1.807, 2.05) is 0 Å². The van der Waals surface area contributed by atoms with Crippen molar-refractivity contribution in [2.24, 2.45) is 0 Å². The summed E-state index contributed by atoms with van der Waals surface area (Å²) in [4.78, 5) is 2.62. The standard InChI is InChI=1S/C11H19NOS/c1-4-5-12-11(7-13)10-6-8(2)14-9(10)3/h6,11-13H,4-5,7H2,1-3H3. The minimum Gasteiger partial charge on any atom is -0.394 e. The summed E-state index contributed by atoms with van der Waals surface area (Å²) in [6.07, 6.45) is 1.10. The van der Waals surface area contributed by atoms with Gasteiger partial charge in [0.1, 0.15) is 0 Å². The lowest BCUT2D eigenvalue weighted by Crippen LogP contribution is -2.25. The Morgan fingerprint density at radius 3 is 2.64 bits per heavy atom. The van der Waals surface area contributed by atoms with Gasteiger partial charge in [0.05, 0.1) is 12.6 Å². The largest absolute Gasteiger partial charge is 0.394 e. The van der Waals surface area contributed by atoms with Crippen LogP contribution in [0, 0.1) is 13.8 Å². The molecule has 1 unspecified atom stereocenters. The van der Waals surface area contributed by atoms with Crippen molar-refractivity contribution in [1.82, 2.24) is 5.32 Å². The van der Waals surface area contributed by atoms with Gasteiger partial charge in [0, 0.05) is 9.75 Å². The predicted octanol–water partition coefficient (Wildman–Crippen LogP) is 2.40. The molecular formula is C11H19NOS. The first-order valence-corrected chi connectivity index (χ1v) is 5.91. The van der Waals surface area contributed by atoms with Crippen LogP contribution in [0.2, 0.25) is 0 Å². The highest BCUT2D eigenvalue weighted by Gasteiger charge is 2.13. The van der Waals surface area contributed by atoms with Gasteiger partial charge in [-0.25, -0.2) is 0 Å². The van der Waals surface area contributed by atoms with Gasteiger partial charge in [-0.1, -0.05) is 6.92 Å². The third-order valence-electron chi connectivity index (χ3n) is 2.28. The molecule has 0 aromatic carbocycles. The summed E-state index contributed by atoms with van der Waals surface area (Å²) >= 11 is 1.80. The van der Waals surface area contributed by atoms with Crippen LogP contribution in [0.15, 0.2) is 6.07 Å². The Balaban J connectivity index is 2.72. The highest BCUT2D eigenvalue weighted by Crippen LogP contribution is 2.26. The van der Waals surface area contributed by atoms with Crippen LogP contribution in [-0.2, 0) is 0 Å². The molecule has 0 fully saturated rings. The third kappa shape index (κ3) is 2.80. The number of nitrogens with one attached hydrogen (secondary N) is 1. The monoisotopic (exact) mass is 213 g/mol. The lowest BCUT2D eigenvalue weighted by molar-refractivity contribution is 0.244. The van der Waals surface area contributed by atoms with E-state index in [0.717, 1.165) is 13.0 Å². The second-order valence-corrected chi connectivity index (χ2v) is 5.02. The maximum atomic E-state index is 9.28. The number of aliphatic hydroxyl groups is 1. The first kappa shape index (κ1) is 11.7. The summed E-state index contributed by atoms with van der Waals surface area (Å²) in [5, 5.41) is 12.6. The zero-order valence-corrected chi connectivity index (χ0v) is 9.95. The van der Waals surface area contributed by atoms with Crippen LogP contribution >= 0.6 is 11.3 Å². The molecule has 0 aliphatic rings. The maximum Gasteiger partial charge on any atom is 0.0626 e. The van der Waals surface area contributed by atoms with Crippen LogP contribution in [0.5, 0.6) is 0 Å². The van der Waals surface area contributed by atoms with Crippen molar-refractivity contribution in [1.29, 1.82) is 0 Å². The molecule has 0 saturated heterocycles. The molecule has 0 saturated carbocycles. The maximum absolute atomic E-state index is 9.28. The molecule has 0 aliphatic heterocycles. The minimum absolute atomic E-state index is 0.111. The summed E-state index contributed by atoms with van der Waals surface area (Å²) in [5.41, 5.74) is 1.25. The van der Waals surface area contributed by atoms with E-state index in [1.165, 1.54) is 15.3 Å². The number of aryl methyl sites for hydroxylation is 2. The quantitative estimate of drug-likeness (QED) is 0.787. The van der Waals surface area contributed by atoms with Gasteiger partial charge in [0.25, 0.3) is 0 Å². The van der Waals surface area contributed by atoms with Crippen LogP contribution < -0.4 is 5.32 Å². The van der Waals surface area contributed by atoms with Gasteiger partial charge >= 0.3 is 0 Å². The number of hydrogen-bond donors (Lipinski definition) is 2. The van der Waals surface area contributed by atoms with Gasteiger partial charge in [-0.15, -0.1) is 11.3 Å². The lowest BCUT2D eigenvalue weighted by atomic mass is 10.1. The Kier molecular flexibility index (Phi) is 4.58. The topological polar surface area (TPSA) is 32.3 Å². The van der Waals surface area contributed by atoms with Crippen LogP contribution in [0.25, 0.3) is 0 Å². The highest BCUT2D eigenvalue weighted by atomic mass is 32.1. The molecule has 1 heterocycles. The third-order valence-corrected chi connectivity index (χ3v) is 3.26. The Hall–Kier alpha value is -0.380. The smallest absolute Gasteiger partial charge is 0.0626 e. The molecule has 0 bridgehead atoms. The number of thiophene rings is 1. The minimum atomic E-state index is 0.111. The van der Waals surface area contributed by atoms with E-state index in [2.05, 4.69) is 32.2 Å². The van der Waals surface area contributed by atoms with E-state index >= 15 is 0 Å². The number of aliphatic hydroxyl groups excluding tert-OH is 1. The van der Waals surface area contributed by atoms with Crippen LogP contribution in [-0.4, -0.2) is 18.3 Å². The molecule has 14 heavy (non-hydrogen) atoms. The Labute approximate surface area is 90.0 Å². The van der Waals surface area contributed by atoms with E-state index in [1.54, 1.807) is 11.3 Å². The van der Waals surface area contributed by atoms with Crippen LogP contribution in [0.1, 0.15) is 34.7 Å². The van der Waals surface area contributed by atoms with Gasteiger partial charge in [-0.2, -0.15) is 0 Å². The van der Waals surface area contributed by atoms with Crippen LogP contribution in [0.4, 0.5) is 0 Å². The average molecular weight is 213 g/mol. The fourth-order valence-corrected chi connectivity index (χ4v) is 2.58. The second kappa shape index (κ2) is 5.49. The summed E-state index contributed by atoms with van der Waals surface area (Å²) in [6.45, 7) is 7.49. The van der Waals surface area contributed by atoms with Crippen molar-refractivity contribution in [2.45, 2.75) is 33.2 Å². The summed E-state index contributed by atoms with van der Waals surface area (Å²) in [6, 6.07) is 2.28. The predicted molar refractivity (Wildman–Crippen MR) is 61.9 cm³/mol. The summed E-state index contributed by atoms with van der Waals surface area (Å²) < 4.78 is 0. The molecule has 0 aliphatic carbocycles.